The maximum atomic E-state index is 13.7. The van der Waals surface area contributed by atoms with Crippen molar-refractivity contribution in [3.8, 4) is 6.07 Å². The zero-order valence-corrected chi connectivity index (χ0v) is 18.4. The van der Waals surface area contributed by atoms with Crippen molar-refractivity contribution in [1.82, 2.24) is 15.2 Å². The number of benzene rings is 1. The number of pyridine rings is 1. The molecule has 2 aliphatic heterocycles. The van der Waals surface area contributed by atoms with Gasteiger partial charge in [0, 0.05) is 13.1 Å². The summed E-state index contributed by atoms with van der Waals surface area (Å²) in [6.07, 6.45) is -2.32. The number of aromatic nitrogens is 1. The van der Waals surface area contributed by atoms with Crippen LogP contribution in [-0.4, -0.2) is 53.8 Å². The highest BCUT2D eigenvalue weighted by atomic mass is 19.4. The molecular weight excluding hydrogens is 452 g/mol. The van der Waals surface area contributed by atoms with Gasteiger partial charge in [0.25, 0.3) is 0 Å². The van der Waals surface area contributed by atoms with Crippen molar-refractivity contribution >= 4 is 5.91 Å². The third-order valence-electron chi connectivity index (χ3n) is 6.66. The smallest absolute Gasteiger partial charge is 0.376 e. The molecule has 1 N–H and O–H groups in total. The molecule has 1 aromatic heterocycles. The lowest BCUT2D eigenvalue weighted by Gasteiger charge is -2.45. The first-order valence-electron chi connectivity index (χ1n) is 10.9. The van der Waals surface area contributed by atoms with Gasteiger partial charge in [0.2, 0.25) is 5.91 Å². The van der Waals surface area contributed by atoms with Crippen molar-refractivity contribution in [1.29, 1.82) is 5.26 Å². The molecule has 2 aromatic rings. The van der Waals surface area contributed by atoms with Gasteiger partial charge in [-0.2, -0.15) is 18.4 Å². The average Bonchev–Trinajstić information content (AvgIpc) is 3.20. The van der Waals surface area contributed by atoms with Crippen LogP contribution in [0, 0.1) is 22.6 Å². The Morgan fingerprint density at radius 1 is 1.21 bits per heavy atom. The van der Waals surface area contributed by atoms with Crippen LogP contribution in [0.5, 0.6) is 0 Å². The number of nitriles is 1. The molecule has 0 spiro atoms. The van der Waals surface area contributed by atoms with Crippen molar-refractivity contribution in [3.05, 3.63) is 65.2 Å². The number of nitrogens with one attached hydrogen (secondary N) is 1. The lowest BCUT2D eigenvalue weighted by Crippen LogP contribution is -2.72. The second kappa shape index (κ2) is 9.31. The number of rotatable bonds is 7. The van der Waals surface area contributed by atoms with Crippen LogP contribution < -0.4 is 5.32 Å². The van der Waals surface area contributed by atoms with E-state index in [1.54, 1.807) is 30.3 Å². The Balaban J connectivity index is 1.52. The Morgan fingerprint density at radius 3 is 2.50 bits per heavy atom. The quantitative estimate of drug-likeness (QED) is 0.620. The average molecular weight is 476 g/mol. The molecule has 3 heterocycles. The zero-order valence-electron chi connectivity index (χ0n) is 18.4. The van der Waals surface area contributed by atoms with Crippen LogP contribution in [0.4, 0.5) is 17.6 Å². The van der Waals surface area contributed by atoms with E-state index in [0.29, 0.717) is 43.6 Å². The summed E-state index contributed by atoms with van der Waals surface area (Å²) < 4.78 is 59.0. The highest BCUT2D eigenvalue weighted by Crippen LogP contribution is 2.41. The van der Waals surface area contributed by atoms with Crippen molar-refractivity contribution < 1.29 is 27.1 Å². The number of aryl methyl sites for hydroxylation is 1. The lowest BCUT2D eigenvalue weighted by molar-refractivity contribution is -0.267. The lowest BCUT2D eigenvalue weighted by atomic mass is 9.79. The maximum absolute atomic E-state index is 13.7. The van der Waals surface area contributed by atoms with Gasteiger partial charge in [-0.25, -0.2) is 4.39 Å². The van der Waals surface area contributed by atoms with E-state index in [2.05, 4.69) is 10.3 Å². The summed E-state index contributed by atoms with van der Waals surface area (Å²) in [5.41, 5.74) is -1.39. The van der Waals surface area contributed by atoms with Crippen LogP contribution in [0.3, 0.4) is 0 Å². The predicted octanol–water partition coefficient (Wildman–Crippen LogP) is 3.36. The molecule has 2 fully saturated rings. The first-order chi connectivity index (χ1) is 16.1. The molecule has 1 aromatic carbocycles. The van der Waals surface area contributed by atoms with Gasteiger partial charge in [0.1, 0.15) is 5.82 Å². The summed E-state index contributed by atoms with van der Waals surface area (Å²) >= 11 is 0. The number of likely N-dealkylation sites (tertiary alicyclic amines) is 1. The van der Waals surface area contributed by atoms with Gasteiger partial charge < -0.3 is 10.1 Å². The van der Waals surface area contributed by atoms with Gasteiger partial charge in [-0.1, -0.05) is 12.1 Å². The number of hydrogen-bond acceptors (Lipinski definition) is 5. The van der Waals surface area contributed by atoms with Crippen LogP contribution in [0.2, 0.25) is 0 Å². The van der Waals surface area contributed by atoms with Gasteiger partial charge in [-0.05, 0) is 55.6 Å². The van der Waals surface area contributed by atoms with Crippen LogP contribution in [0.1, 0.15) is 29.7 Å². The van der Waals surface area contributed by atoms with E-state index in [1.165, 1.54) is 6.07 Å². The second-order valence-electron chi connectivity index (χ2n) is 9.04. The number of amides is 1. The molecule has 0 unspecified atom stereocenters. The summed E-state index contributed by atoms with van der Waals surface area (Å²) in [7, 11) is 0. The van der Waals surface area contributed by atoms with Crippen LogP contribution in [0.15, 0.2) is 42.6 Å². The van der Waals surface area contributed by atoms with E-state index in [-0.39, 0.29) is 6.54 Å². The molecule has 0 radical (unpaired) electrons. The molecular formula is C24H24F4N4O2. The standard InChI is InChI=1S/C24H24F4N4O2/c25-19-5-6-20(30-12-19)13-32-10-9-22(14-32,8-7-17-1-3-18(11-29)4-2-17)21(33)31-23(15-34-16-23)24(26,27)28/h1-6,12H,7-10,13-16H2,(H,31,33)/t22-/m1/s1. The number of carbonyl (C=O) groups is 1. The SMILES string of the molecule is N#Cc1ccc(CC[C@@]2(C(=O)NC3(C(F)(F)F)COC3)CCN(Cc3ccc(F)cn3)C2)cc1. The summed E-state index contributed by atoms with van der Waals surface area (Å²) in [5.74, 6) is -1.10. The van der Waals surface area contributed by atoms with Crippen LogP contribution in [-0.2, 0) is 22.5 Å². The fourth-order valence-electron chi connectivity index (χ4n) is 4.42. The normalized spacial score (nSPS) is 22.1. The molecule has 1 amide bonds. The largest absolute Gasteiger partial charge is 0.416 e. The summed E-state index contributed by atoms with van der Waals surface area (Å²) in [6, 6.07) is 11.8. The van der Waals surface area contributed by atoms with Crippen LogP contribution >= 0.6 is 0 Å². The van der Waals surface area contributed by atoms with Gasteiger partial charge in [-0.3, -0.25) is 14.7 Å². The minimum Gasteiger partial charge on any atom is -0.376 e. The minimum atomic E-state index is -4.62. The topological polar surface area (TPSA) is 78.2 Å². The maximum Gasteiger partial charge on any atom is 0.416 e. The van der Waals surface area contributed by atoms with Crippen molar-refractivity contribution in [2.75, 3.05) is 26.3 Å². The molecule has 6 nitrogen and oxygen atoms in total. The second-order valence-corrected chi connectivity index (χ2v) is 9.04. The molecule has 180 valence electrons. The highest BCUT2D eigenvalue weighted by Gasteiger charge is 2.62. The third kappa shape index (κ3) is 4.91. The molecule has 0 aliphatic carbocycles. The Kier molecular flexibility index (Phi) is 6.60. The van der Waals surface area contributed by atoms with Crippen molar-refractivity contribution in [2.45, 2.75) is 37.5 Å². The minimum absolute atomic E-state index is 0.253. The van der Waals surface area contributed by atoms with E-state index in [9.17, 15) is 22.4 Å². The summed E-state index contributed by atoms with van der Waals surface area (Å²) in [6.45, 7) is -0.0909. The first kappa shape index (κ1) is 24.1. The van der Waals surface area contributed by atoms with E-state index in [4.69, 9.17) is 10.00 Å². The number of hydrogen-bond donors (Lipinski definition) is 1. The van der Waals surface area contributed by atoms with Gasteiger partial charge in [-0.15, -0.1) is 0 Å². The van der Waals surface area contributed by atoms with Gasteiger partial charge >= 0.3 is 6.18 Å². The van der Waals surface area contributed by atoms with Gasteiger partial charge in [0.05, 0.1) is 42.2 Å². The van der Waals surface area contributed by atoms with Gasteiger partial charge in [0.15, 0.2) is 5.54 Å². The van der Waals surface area contributed by atoms with E-state index in [1.807, 2.05) is 11.0 Å². The predicted molar refractivity (Wildman–Crippen MR) is 114 cm³/mol. The highest BCUT2D eigenvalue weighted by molar-refractivity contribution is 5.84. The Hall–Kier alpha value is -3.03. The number of ether oxygens (including phenoxy) is 1. The number of halogens is 4. The van der Waals surface area contributed by atoms with Crippen LogP contribution in [0.25, 0.3) is 0 Å². The molecule has 4 rings (SSSR count). The van der Waals surface area contributed by atoms with E-state index < -0.39 is 42.1 Å². The molecule has 2 saturated heterocycles. The Morgan fingerprint density at radius 2 is 1.94 bits per heavy atom. The molecule has 0 saturated carbocycles. The summed E-state index contributed by atoms with van der Waals surface area (Å²) in [5, 5.41) is 11.3. The summed E-state index contributed by atoms with van der Waals surface area (Å²) in [4.78, 5) is 19.4. The molecule has 34 heavy (non-hydrogen) atoms. The van der Waals surface area contributed by atoms with E-state index >= 15 is 0 Å². The third-order valence-corrected chi connectivity index (χ3v) is 6.66. The molecule has 10 heteroatoms. The van der Waals surface area contributed by atoms with Crippen molar-refractivity contribution in [2.24, 2.45) is 5.41 Å². The fourth-order valence-corrected chi connectivity index (χ4v) is 4.42. The number of alkyl halides is 3. The monoisotopic (exact) mass is 476 g/mol. The number of nitrogens with zero attached hydrogens (tertiary/aromatic N) is 3. The molecule has 1 atom stereocenters. The molecule has 0 bridgehead atoms. The Bertz CT molecular complexity index is 1060. The van der Waals surface area contributed by atoms with Crippen molar-refractivity contribution in [3.63, 3.8) is 0 Å². The zero-order chi connectivity index (χ0) is 24.4. The number of carbonyl (C=O) groups excluding carboxylic acids is 1. The molecule has 2 aliphatic rings. The van der Waals surface area contributed by atoms with E-state index in [0.717, 1.165) is 11.8 Å². The fraction of sp³-hybridized carbons (Fsp3) is 0.458. The first-order valence-corrected chi connectivity index (χ1v) is 10.9. The Labute approximate surface area is 194 Å².